The van der Waals surface area contributed by atoms with E-state index < -0.39 is 22.6 Å². The summed E-state index contributed by atoms with van der Waals surface area (Å²) in [6.45, 7) is 5.28. The molecule has 4 rings (SSSR count). The van der Waals surface area contributed by atoms with Gasteiger partial charge in [0, 0.05) is 16.3 Å². The Hall–Kier alpha value is -1.81. The number of aryl methyl sites for hydroxylation is 3. The van der Waals surface area contributed by atoms with E-state index in [0.717, 1.165) is 54.7 Å². The van der Waals surface area contributed by atoms with Crippen LogP contribution in [0.1, 0.15) is 59.6 Å². The lowest BCUT2D eigenvalue weighted by Crippen LogP contribution is -2.21. The number of hydrogen-bond acceptors (Lipinski definition) is 5. The number of anilines is 1. The van der Waals surface area contributed by atoms with Crippen LogP contribution in [-0.2, 0) is 42.3 Å². The number of pyridine rings is 1. The summed E-state index contributed by atoms with van der Waals surface area (Å²) in [5.74, 6) is 0. The van der Waals surface area contributed by atoms with E-state index in [1.807, 2.05) is 6.92 Å². The van der Waals surface area contributed by atoms with E-state index in [9.17, 15) is 14.1 Å². The highest BCUT2D eigenvalue weighted by Gasteiger charge is 2.26. The first kappa shape index (κ1) is 21.9. The molecule has 2 amide bonds. The molecule has 0 saturated carbocycles. The van der Waals surface area contributed by atoms with E-state index in [4.69, 9.17) is 15.9 Å². The van der Waals surface area contributed by atoms with Gasteiger partial charge in [0.2, 0.25) is 0 Å². The number of aromatic nitrogens is 1. The highest BCUT2D eigenvalue weighted by atomic mass is 32.2. The monoisotopic (exact) mass is 436 g/mol. The minimum Gasteiger partial charge on any atom is -0.385 e. The molecule has 2 aromatic rings. The lowest BCUT2D eigenvalue weighted by molar-refractivity contribution is 0.0819. The number of fused-ring (bicyclic) bond motifs is 2. The van der Waals surface area contributed by atoms with Gasteiger partial charge in [-0.25, -0.2) is 14.1 Å². The van der Waals surface area contributed by atoms with Gasteiger partial charge in [0.1, 0.15) is 15.2 Å². The standard InChI is InChI=1S/C12H15N3O.C8H13NO2S2/c13-12(16)15-11-7-3-1-5-9(7)14-10-6-2-4-8(10)11;1-5-4-6(13(9)11)12-7(5)8(2,3)10/h1-6H2,(H3,13,14,15,16);4,10H,9H2,1-3H3. The normalized spacial score (nSPS) is 15.9. The molecule has 2 aromatic heterocycles. The van der Waals surface area contributed by atoms with Crippen molar-refractivity contribution in [1.29, 1.82) is 0 Å². The molecule has 0 bridgehead atoms. The van der Waals surface area contributed by atoms with Crippen LogP contribution in [0.15, 0.2) is 10.3 Å². The third-order valence-corrected chi connectivity index (χ3v) is 7.75. The number of thiophene rings is 1. The zero-order valence-electron chi connectivity index (χ0n) is 17.0. The Balaban J connectivity index is 0.000000170. The number of nitrogens with one attached hydrogen (secondary N) is 1. The van der Waals surface area contributed by atoms with Gasteiger partial charge >= 0.3 is 6.03 Å². The quantitative estimate of drug-likeness (QED) is 0.589. The summed E-state index contributed by atoms with van der Waals surface area (Å²) in [7, 11) is -1.45. The molecule has 7 nitrogen and oxygen atoms in total. The molecule has 9 heteroatoms. The predicted octanol–water partition coefficient (Wildman–Crippen LogP) is 2.81. The summed E-state index contributed by atoms with van der Waals surface area (Å²) in [5.41, 5.74) is 11.1. The minimum atomic E-state index is -1.45. The molecule has 0 spiro atoms. The van der Waals surface area contributed by atoms with Crippen LogP contribution in [0.5, 0.6) is 0 Å². The van der Waals surface area contributed by atoms with Gasteiger partial charge in [-0.1, -0.05) is 0 Å². The Bertz CT molecular complexity index is 931. The SMILES string of the molecule is Cc1cc(S(N)=O)sc1C(C)(C)O.NC(=O)Nc1c2c(nc3c1CCC3)CCC2. The van der Waals surface area contributed by atoms with Gasteiger partial charge in [-0.15, -0.1) is 11.3 Å². The molecule has 29 heavy (non-hydrogen) atoms. The van der Waals surface area contributed by atoms with Gasteiger partial charge in [0.25, 0.3) is 0 Å². The van der Waals surface area contributed by atoms with Gasteiger partial charge in [0.05, 0.1) is 11.3 Å². The fourth-order valence-corrected chi connectivity index (χ4v) is 5.80. The molecule has 1 unspecified atom stereocenters. The van der Waals surface area contributed by atoms with E-state index in [2.05, 4.69) is 5.32 Å². The lowest BCUT2D eigenvalue weighted by atomic mass is 10.1. The number of nitrogens with zero attached hydrogens (tertiary/aromatic N) is 1. The second-order valence-corrected chi connectivity index (χ2v) is 10.3. The minimum absolute atomic E-state index is 0.464. The largest absolute Gasteiger partial charge is 0.385 e. The van der Waals surface area contributed by atoms with Crippen molar-refractivity contribution in [3.63, 3.8) is 0 Å². The zero-order chi connectivity index (χ0) is 21.3. The molecule has 0 aliphatic heterocycles. The van der Waals surface area contributed by atoms with Gasteiger partial charge in [-0.3, -0.25) is 4.98 Å². The van der Waals surface area contributed by atoms with Crippen molar-refractivity contribution in [1.82, 2.24) is 4.98 Å². The van der Waals surface area contributed by atoms with Crippen molar-refractivity contribution < 1.29 is 14.1 Å². The first-order valence-corrected chi connectivity index (χ1v) is 11.7. The summed E-state index contributed by atoms with van der Waals surface area (Å²) in [6, 6.07) is 1.29. The number of nitrogens with two attached hydrogens (primary N) is 2. The van der Waals surface area contributed by atoms with Crippen molar-refractivity contribution in [3.8, 4) is 0 Å². The number of amides is 2. The summed E-state index contributed by atoms with van der Waals surface area (Å²) < 4.78 is 11.6. The Labute approximate surface area is 177 Å². The van der Waals surface area contributed by atoms with Crippen molar-refractivity contribution in [2.45, 2.75) is 69.1 Å². The van der Waals surface area contributed by atoms with Crippen LogP contribution in [0.2, 0.25) is 0 Å². The van der Waals surface area contributed by atoms with Crippen LogP contribution < -0.4 is 16.2 Å². The first-order valence-electron chi connectivity index (χ1n) is 9.67. The fraction of sp³-hybridized carbons (Fsp3) is 0.500. The molecule has 0 fully saturated rings. The van der Waals surface area contributed by atoms with Crippen LogP contribution in [0, 0.1) is 6.92 Å². The molecule has 0 radical (unpaired) electrons. The highest BCUT2D eigenvalue weighted by molar-refractivity contribution is 7.85. The number of urea groups is 1. The topological polar surface area (TPSA) is 131 Å². The molecule has 1 atom stereocenters. The van der Waals surface area contributed by atoms with E-state index in [-0.39, 0.29) is 0 Å². The number of carbonyl (C=O) groups is 1. The third kappa shape index (κ3) is 4.85. The molecule has 158 valence electrons. The molecular weight excluding hydrogens is 408 g/mol. The van der Waals surface area contributed by atoms with Crippen molar-refractivity contribution in [3.05, 3.63) is 39.0 Å². The third-order valence-electron chi connectivity index (χ3n) is 5.15. The van der Waals surface area contributed by atoms with Crippen LogP contribution >= 0.6 is 11.3 Å². The number of carbonyl (C=O) groups excluding carboxylic acids is 1. The number of hydrogen-bond donors (Lipinski definition) is 4. The lowest BCUT2D eigenvalue weighted by Gasteiger charge is -2.15. The molecule has 2 heterocycles. The average molecular weight is 437 g/mol. The highest BCUT2D eigenvalue weighted by Crippen LogP contribution is 2.36. The Morgan fingerprint density at radius 3 is 2.14 bits per heavy atom. The Kier molecular flexibility index (Phi) is 6.42. The number of aliphatic hydroxyl groups is 1. The van der Waals surface area contributed by atoms with E-state index in [1.54, 1.807) is 19.9 Å². The van der Waals surface area contributed by atoms with E-state index in [0.29, 0.717) is 4.21 Å². The van der Waals surface area contributed by atoms with Crippen LogP contribution in [0.3, 0.4) is 0 Å². The summed E-state index contributed by atoms with van der Waals surface area (Å²) in [6.07, 6.45) is 6.39. The van der Waals surface area contributed by atoms with E-state index in [1.165, 1.54) is 33.9 Å². The van der Waals surface area contributed by atoms with Crippen LogP contribution in [0.4, 0.5) is 10.5 Å². The van der Waals surface area contributed by atoms with Crippen LogP contribution in [0.25, 0.3) is 0 Å². The molecule has 0 aromatic carbocycles. The van der Waals surface area contributed by atoms with Gasteiger partial charge in [0.15, 0.2) is 0 Å². The molecule has 2 aliphatic rings. The first-order chi connectivity index (χ1) is 13.6. The van der Waals surface area contributed by atoms with Crippen molar-refractivity contribution in [2.75, 3.05) is 5.32 Å². The smallest absolute Gasteiger partial charge is 0.316 e. The summed E-state index contributed by atoms with van der Waals surface area (Å²) >= 11 is 1.30. The maximum absolute atomic E-state index is 11.1. The molecular formula is C20H28N4O3S2. The average Bonchev–Trinajstić information content (AvgIpc) is 3.32. The van der Waals surface area contributed by atoms with Gasteiger partial charge in [-0.2, -0.15) is 0 Å². The zero-order valence-corrected chi connectivity index (χ0v) is 18.6. The second-order valence-electron chi connectivity index (χ2n) is 7.97. The summed E-state index contributed by atoms with van der Waals surface area (Å²) in [5, 5.41) is 17.8. The number of rotatable bonds is 3. The maximum Gasteiger partial charge on any atom is 0.316 e. The summed E-state index contributed by atoms with van der Waals surface area (Å²) in [4.78, 5) is 16.6. The van der Waals surface area contributed by atoms with Crippen LogP contribution in [-0.4, -0.2) is 20.3 Å². The Morgan fingerprint density at radius 1 is 1.21 bits per heavy atom. The number of primary amides is 1. The molecule has 0 saturated heterocycles. The van der Waals surface area contributed by atoms with Crippen molar-refractivity contribution >= 4 is 34.0 Å². The second kappa shape index (κ2) is 8.51. The fourth-order valence-electron chi connectivity index (χ4n) is 4.02. The van der Waals surface area contributed by atoms with Crippen molar-refractivity contribution in [2.24, 2.45) is 10.9 Å². The molecule has 6 N–H and O–H groups in total. The Morgan fingerprint density at radius 2 is 1.76 bits per heavy atom. The molecule has 2 aliphatic carbocycles. The maximum atomic E-state index is 11.1. The van der Waals surface area contributed by atoms with Gasteiger partial charge < -0.3 is 16.2 Å². The van der Waals surface area contributed by atoms with E-state index >= 15 is 0 Å². The van der Waals surface area contributed by atoms with Gasteiger partial charge in [-0.05, 0) is 82.1 Å². The predicted molar refractivity (Wildman–Crippen MR) is 116 cm³/mol.